The van der Waals surface area contributed by atoms with Gasteiger partial charge in [0.15, 0.2) is 0 Å². The van der Waals surface area contributed by atoms with Gasteiger partial charge in [-0.25, -0.2) is 4.39 Å². The Hall–Kier alpha value is -1.38. The first-order chi connectivity index (χ1) is 5.65. The summed E-state index contributed by atoms with van der Waals surface area (Å²) >= 11 is 0. The Balaban J connectivity index is 4.73. The van der Waals surface area contributed by atoms with Gasteiger partial charge in [0.25, 0.3) is 0 Å². The zero-order valence-electron chi connectivity index (χ0n) is 7.34. The van der Waals surface area contributed by atoms with Crippen LogP contribution < -0.4 is 5.73 Å². The van der Waals surface area contributed by atoms with E-state index in [0.29, 0.717) is 11.4 Å². The van der Waals surface area contributed by atoms with Crippen molar-refractivity contribution < 1.29 is 4.39 Å². The molecule has 12 heavy (non-hydrogen) atoms. The van der Waals surface area contributed by atoms with Crippen LogP contribution in [0.5, 0.6) is 0 Å². The van der Waals surface area contributed by atoms with Gasteiger partial charge in [-0.2, -0.15) is 0 Å². The van der Waals surface area contributed by atoms with Gasteiger partial charge in [0.2, 0.25) is 0 Å². The van der Waals surface area contributed by atoms with Crippen LogP contribution in [0.2, 0.25) is 0 Å². The topological polar surface area (TPSA) is 38.4 Å². The van der Waals surface area contributed by atoms with Gasteiger partial charge in [0.05, 0.1) is 0 Å². The van der Waals surface area contributed by atoms with Crippen molar-refractivity contribution in [2.45, 2.75) is 6.92 Å². The quantitative estimate of drug-likeness (QED) is 0.390. The van der Waals surface area contributed by atoms with Gasteiger partial charge in [-0.15, -0.1) is 0 Å². The van der Waals surface area contributed by atoms with E-state index in [1.54, 1.807) is 20.0 Å². The molecule has 0 aromatic rings. The Kier molecular flexibility index (Phi) is 4.69. The molecule has 0 saturated carbocycles. The smallest absolute Gasteiger partial charge is 0.125 e. The minimum Gasteiger partial charge on any atom is -0.384 e. The Morgan fingerprint density at radius 3 is 2.50 bits per heavy atom. The van der Waals surface area contributed by atoms with E-state index in [4.69, 9.17) is 5.73 Å². The number of nitrogens with zero attached hydrogens (tertiary/aromatic N) is 1. The monoisotopic (exact) mass is 168 g/mol. The molecule has 2 nitrogen and oxygen atoms in total. The lowest BCUT2D eigenvalue weighted by Crippen LogP contribution is -2.13. The van der Waals surface area contributed by atoms with Crippen molar-refractivity contribution in [2.24, 2.45) is 10.7 Å². The maximum absolute atomic E-state index is 12.7. The maximum Gasteiger partial charge on any atom is 0.125 e. The minimum atomic E-state index is -0.422. The Morgan fingerprint density at radius 1 is 1.58 bits per heavy atom. The van der Waals surface area contributed by atoms with Gasteiger partial charge in [-0.3, -0.25) is 4.99 Å². The molecule has 0 atom stereocenters. The molecule has 0 heterocycles. The molecule has 0 aliphatic rings. The molecule has 0 aliphatic heterocycles. The SMILES string of the molecule is C=C/C(F)=C\C(=C/C)C(N)=NC. The minimum absolute atomic E-state index is 0.314. The summed E-state index contributed by atoms with van der Waals surface area (Å²) in [6.07, 6.45) is 4.09. The van der Waals surface area contributed by atoms with E-state index in [9.17, 15) is 4.39 Å². The third-order valence-corrected chi connectivity index (χ3v) is 1.34. The number of hydrogen-bond donors (Lipinski definition) is 1. The molecule has 0 fully saturated rings. The Labute approximate surface area is 72.0 Å². The van der Waals surface area contributed by atoms with Crippen molar-refractivity contribution in [3.63, 3.8) is 0 Å². The molecule has 2 N–H and O–H groups in total. The largest absolute Gasteiger partial charge is 0.384 e. The summed E-state index contributed by atoms with van der Waals surface area (Å²) in [4.78, 5) is 3.73. The van der Waals surface area contributed by atoms with Crippen LogP contribution in [0.4, 0.5) is 4.39 Å². The second kappa shape index (κ2) is 5.29. The van der Waals surface area contributed by atoms with Crippen molar-refractivity contribution in [2.75, 3.05) is 7.05 Å². The summed E-state index contributed by atoms with van der Waals surface area (Å²) in [5.74, 6) is -0.107. The highest BCUT2D eigenvalue weighted by molar-refractivity contribution is 5.99. The lowest BCUT2D eigenvalue weighted by atomic mass is 10.2. The number of rotatable bonds is 3. The van der Waals surface area contributed by atoms with Crippen molar-refractivity contribution in [1.29, 1.82) is 0 Å². The number of hydrogen-bond acceptors (Lipinski definition) is 1. The Bertz CT molecular complexity index is 249. The van der Waals surface area contributed by atoms with Crippen LogP contribution in [0.15, 0.2) is 41.2 Å². The molecular formula is C9H13FN2. The summed E-state index contributed by atoms with van der Waals surface area (Å²) < 4.78 is 12.7. The number of halogens is 1. The average molecular weight is 168 g/mol. The van der Waals surface area contributed by atoms with Crippen LogP contribution in [-0.2, 0) is 0 Å². The highest BCUT2D eigenvalue weighted by atomic mass is 19.1. The number of aliphatic imine (C=N–C) groups is 1. The van der Waals surface area contributed by atoms with Gasteiger partial charge in [-0.1, -0.05) is 12.7 Å². The normalized spacial score (nSPS) is 14.8. The molecule has 0 rings (SSSR count). The molecule has 0 amide bonds. The van der Waals surface area contributed by atoms with E-state index >= 15 is 0 Å². The van der Waals surface area contributed by atoms with E-state index in [1.165, 1.54) is 6.08 Å². The number of allylic oxidation sites excluding steroid dienone is 3. The molecular weight excluding hydrogens is 155 g/mol. The summed E-state index contributed by atoms with van der Waals surface area (Å²) in [7, 11) is 1.55. The fourth-order valence-electron chi connectivity index (χ4n) is 0.642. The van der Waals surface area contributed by atoms with E-state index < -0.39 is 5.83 Å². The van der Waals surface area contributed by atoms with E-state index in [1.807, 2.05) is 0 Å². The van der Waals surface area contributed by atoms with Crippen molar-refractivity contribution in [3.05, 3.63) is 36.2 Å². The van der Waals surface area contributed by atoms with Crippen LogP contribution in [0, 0.1) is 0 Å². The van der Waals surface area contributed by atoms with Crippen molar-refractivity contribution in [3.8, 4) is 0 Å². The van der Waals surface area contributed by atoms with E-state index in [0.717, 1.165) is 6.08 Å². The first-order valence-corrected chi connectivity index (χ1v) is 3.54. The predicted octanol–water partition coefficient (Wildman–Crippen LogP) is 1.96. The molecule has 0 bridgehead atoms. The number of amidine groups is 1. The van der Waals surface area contributed by atoms with Crippen LogP contribution >= 0.6 is 0 Å². The second-order valence-corrected chi connectivity index (χ2v) is 2.09. The fourth-order valence-corrected chi connectivity index (χ4v) is 0.642. The molecule has 0 aliphatic carbocycles. The highest BCUT2D eigenvalue weighted by Crippen LogP contribution is 2.04. The average Bonchev–Trinajstić information content (AvgIpc) is 2.12. The second-order valence-electron chi connectivity index (χ2n) is 2.09. The van der Waals surface area contributed by atoms with Gasteiger partial charge in [0, 0.05) is 12.6 Å². The third kappa shape index (κ3) is 3.14. The van der Waals surface area contributed by atoms with Gasteiger partial charge >= 0.3 is 0 Å². The van der Waals surface area contributed by atoms with Crippen molar-refractivity contribution in [1.82, 2.24) is 0 Å². The standard InChI is InChI=1S/C9H13FN2/c1-4-7(9(11)12-3)6-8(10)5-2/h4-6H,2H2,1,3H3,(H2,11,12)/b7-4+,8-6+. The summed E-state index contributed by atoms with van der Waals surface area (Å²) in [6.45, 7) is 5.05. The molecule has 66 valence electrons. The third-order valence-electron chi connectivity index (χ3n) is 1.34. The van der Waals surface area contributed by atoms with E-state index in [-0.39, 0.29) is 0 Å². The first kappa shape index (κ1) is 10.6. The number of nitrogens with two attached hydrogens (primary N) is 1. The first-order valence-electron chi connectivity index (χ1n) is 3.54. The van der Waals surface area contributed by atoms with Crippen LogP contribution in [0.3, 0.4) is 0 Å². The molecule has 0 radical (unpaired) electrons. The zero-order chi connectivity index (χ0) is 9.56. The van der Waals surface area contributed by atoms with Gasteiger partial charge in [0.1, 0.15) is 11.7 Å². The molecule has 0 unspecified atom stereocenters. The molecule has 3 heteroatoms. The predicted molar refractivity (Wildman–Crippen MR) is 50.7 cm³/mol. The lowest BCUT2D eigenvalue weighted by molar-refractivity contribution is 0.667. The van der Waals surface area contributed by atoms with Crippen LogP contribution in [-0.4, -0.2) is 12.9 Å². The fraction of sp³-hybridized carbons (Fsp3) is 0.222. The van der Waals surface area contributed by atoms with Gasteiger partial charge < -0.3 is 5.73 Å². The summed E-state index contributed by atoms with van der Waals surface area (Å²) in [5, 5.41) is 0. The zero-order valence-corrected chi connectivity index (χ0v) is 7.34. The van der Waals surface area contributed by atoms with Crippen molar-refractivity contribution >= 4 is 5.84 Å². The molecule has 0 aromatic heterocycles. The summed E-state index contributed by atoms with van der Waals surface area (Å²) in [5.41, 5.74) is 6.03. The van der Waals surface area contributed by atoms with E-state index in [2.05, 4.69) is 11.6 Å². The molecule has 0 aromatic carbocycles. The van der Waals surface area contributed by atoms with Gasteiger partial charge in [-0.05, 0) is 19.1 Å². The Morgan fingerprint density at radius 2 is 2.17 bits per heavy atom. The molecule has 0 saturated heterocycles. The molecule has 0 spiro atoms. The lowest BCUT2D eigenvalue weighted by Gasteiger charge is -1.98. The maximum atomic E-state index is 12.7. The summed E-state index contributed by atoms with van der Waals surface area (Å²) in [6, 6.07) is 0. The van der Waals surface area contributed by atoms with Crippen LogP contribution in [0.25, 0.3) is 0 Å². The van der Waals surface area contributed by atoms with Crippen LogP contribution in [0.1, 0.15) is 6.92 Å². The highest BCUT2D eigenvalue weighted by Gasteiger charge is 1.97.